The lowest BCUT2D eigenvalue weighted by Crippen LogP contribution is -2.48. The van der Waals surface area contributed by atoms with Crippen molar-refractivity contribution in [1.82, 2.24) is 4.90 Å². The molecule has 0 aromatic heterocycles. The van der Waals surface area contributed by atoms with E-state index in [4.69, 9.17) is 0 Å². The first-order chi connectivity index (χ1) is 9.82. The van der Waals surface area contributed by atoms with Gasteiger partial charge in [-0.05, 0) is 17.4 Å². The summed E-state index contributed by atoms with van der Waals surface area (Å²) >= 11 is 0. The zero-order valence-electron chi connectivity index (χ0n) is 12.8. The molecule has 4 heteroatoms. The van der Waals surface area contributed by atoms with Crippen molar-refractivity contribution in [3.63, 3.8) is 0 Å². The molecule has 1 heterocycles. The fraction of sp³-hybridized carbons (Fsp3) is 0.471. The Morgan fingerprint density at radius 1 is 1.10 bits per heavy atom. The third-order valence-electron chi connectivity index (χ3n) is 3.85. The summed E-state index contributed by atoms with van der Waals surface area (Å²) in [5.74, 6) is -0.705. The molecular formula is C17H21NO3. The molecule has 0 unspecified atom stereocenters. The molecule has 0 bridgehead atoms. The molecule has 1 aliphatic rings. The van der Waals surface area contributed by atoms with Crippen LogP contribution < -0.4 is 0 Å². The summed E-state index contributed by atoms with van der Waals surface area (Å²) in [6.07, 6.45) is 1.52. The van der Waals surface area contributed by atoms with Crippen LogP contribution in [0.25, 0.3) is 0 Å². The average Bonchev–Trinajstić information content (AvgIpc) is 2.41. The summed E-state index contributed by atoms with van der Waals surface area (Å²) in [4.78, 5) is 37.4. The van der Waals surface area contributed by atoms with Gasteiger partial charge < -0.3 is 0 Å². The normalized spacial score (nSPS) is 18.0. The van der Waals surface area contributed by atoms with E-state index in [-0.39, 0.29) is 29.6 Å². The number of imide groups is 1. The van der Waals surface area contributed by atoms with Crippen LogP contribution in [0, 0.1) is 5.41 Å². The van der Waals surface area contributed by atoms with Crippen LogP contribution in [-0.4, -0.2) is 29.0 Å². The number of rotatable bonds is 4. The first kappa shape index (κ1) is 15.4. The Balaban J connectivity index is 2.08. The van der Waals surface area contributed by atoms with Crippen LogP contribution in [0.3, 0.4) is 0 Å². The fourth-order valence-electron chi connectivity index (χ4n) is 2.55. The van der Waals surface area contributed by atoms with Crippen LogP contribution in [-0.2, 0) is 16.0 Å². The molecule has 4 nitrogen and oxygen atoms in total. The first-order valence-corrected chi connectivity index (χ1v) is 7.28. The zero-order valence-corrected chi connectivity index (χ0v) is 12.8. The van der Waals surface area contributed by atoms with Gasteiger partial charge in [0.25, 0.3) is 0 Å². The molecule has 1 aromatic rings. The van der Waals surface area contributed by atoms with Gasteiger partial charge in [0.05, 0.1) is 6.54 Å². The summed E-state index contributed by atoms with van der Waals surface area (Å²) in [5, 5.41) is 0. The molecule has 2 amide bonds. The molecule has 2 rings (SSSR count). The van der Waals surface area contributed by atoms with Crippen molar-refractivity contribution < 1.29 is 14.4 Å². The van der Waals surface area contributed by atoms with Crippen LogP contribution in [0.2, 0.25) is 0 Å². The SMILES string of the molecule is CCc1ccc(C(=O)CN2C(=O)CC(C)(C)CC2=O)cc1. The van der Waals surface area contributed by atoms with E-state index in [0.717, 1.165) is 16.9 Å². The van der Waals surface area contributed by atoms with Gasteiger partial charge in [-0.3, -0.25) is 19.3 Å². The molecule has 0 aliphatic carbocycles. The van der Waals surface area contributed by atoms with E-state index in [2.05, 4.69) is 0 Å². The van der Waals surface area contributed by atoms with Crippen LogP contribution in [0.15, 0.2) is 24.3 Å². The van der Waals surface area contributed by atoms with Gasteiger partial charge in [0, 0.05) is 18.4 Å². The van der Waals surface area contributed by atoms with Gasteiger partial charge in [-0.15, -0.1) is 0 Å². The molecule has 0 N–H and O–H groups in total. The highest BCUT2D eigenvalue weighted by molar-refractivity contribution is 6.05. The summed E-state index contributed by atoms with van der Waals surface area (Å²) in [5.41, 5.74) is 1.38. The Morgan fingerprint density at radius 2 is 1.62 bits per heavy atom. The molecule has 0 radical (unpaired) electrons. The maximum Gasteiger partial charge on any atom is 0.230 e. The first-order valence-electron chi connectivity index (χ1n) is 7.28. The summed E-state index contributed by atoms with van der Waals surface area (Å²) in [6.45, 7) is 5.68. The minimum Gasteiger partial charge on any atom is -0.292 e. The van der Waals surface area contributed by atoms with E-state index in [1.165, 1.54) is 0 Å². The number of carbonyl (C=O) groups is 3. The van der Waals surface area contributed by atoms with Gasteiger partial charge in [-0.25, -0.2) is 0 Å². The van der Waals surface area contributed by atoms with E-state index >= 15 is 0 Å². The standard InChI is InChI=1S/C17H21NO3/c1-4-12-5-7-13(8-6-12)14(19)11-18-15(20)9-17(2,3)10-16(18)21/h5-8H,4,9-11H2,1-3H3. The van der Waals surface area contributed by atoms with Gasteiger partial charge in [0.1, 0.15) is 0 Å². The van der Waals surface area contributed by atoms with Gasteiger partial charge in [0.15, 0.2) is 5.78 Å². The van der Waals surface area contributed by atoms with Gasteiger partial charge >= 0.3 is 0 Å². The summed E-state index contributed by atoms with van der Waals surface area (Å²) < 4.78 is 0. The largest absolute Gasteiger partial charge is 0.292 e. The number of aryl methyl sites for hydroxylation is 1. The van der Waals surface area contributed by atoms with E-state index < -0.39 is 0 Å². The van der Waals surface area contributed by atoms with Gasteiger partial charge in [-0.2, -0.15) is 0 Å². The van der Waals surface area contributed by atoms with E-state index in [1.807, 2.05) is 32.9 Å². The molecule has 21 heavy (non-hydrogen) atoms. The fourth-order valence-corrected chi connectivity index (χ4v) is 2.55. The molecule has 0 spiro atoms. The Hall–Kier alpha value is -1.97. The number of Topliss-reactive ketones (excluding diaryl/α,β-unsaturated/α-hetero) is 1. The molecule has 1 saturated heterocycles. The molecule has 0 atom stereocenters. The number of ketones is 1. The summed E-state index contributed by atoms with van der Waals surface area (Å²) in [7, 11) is 0. The third-order valence-corrected chi connectivity index (χ3v) is 3.85. The molecule has 112 valence electrons. The summed E-state index contributed by atoms with van der Waals surface area (Å²) in [6, 6.07) is 7.31. The number of nitrogens with zero attached hydrogens (tertiary/aromatic N) is 1. The van der Waals surface area contributed by atoms with Gasteiger partial charge in [0.2, 0.25) is 11.8 Å². The van der Waals surface area contributed by atoms with E-state index in [0.29, 0.717) is 18.4 Å². The van der Waals surface area contributed by atoms with Crippen LogP contribution in [0.5, 0.6) is 0 Å². The number of likely N-dealkylation sites (tertiary alicyclic amines) is 1. The lowest BCUT2D eigenvalue weighted by molar-refractivity contribution is -0.151. The van der Waals surface area contributed by atoms with Crippen LogP contribution in [0.1, 0.15) is 49.5 Å². The molecule has 1 fully saturated rings. The Kier molecular flexibility index (Phi) is 4.26. The van der Waals surface area contributed by atoms with Gasteiger partial charge in [-0.1, -0.05) is 45.0 Å². The van der Waals surface area contributed by atoms with Crippen molar-refractivity contribution in [3.8, 4) is 0 Å². The van der Waals surface area contributed by atoms with Crippen molar-refractivity contribution in [2.24, 2.45) is 5.41 Å². The van der Waals surface area contributed by atoms with Crippen molar-refractivity contribution in [3.05, 3.63) is 35.4 Å². The molecule has 0 saturated carbocycles. The predicted molar refractivity (Wildman–Crippen MR) is 79.9 cm³/mol. The van der Waals surface area contributed by atoms with E-state index in [9.17, 15) is 14.4 Å². The lowest BCUT2D eigenvalue weighted by atomic mass is 9.81. The second kappa shape index (κ2) is 5.80. The predicted octanol–water partition coefficient (Wildman–Crippen LogP) is 2.61. The Morgan fingerprint density at radius 3 is 2.10 bits per heavy atom. The third kappa shape index (κ3) is 3.57. The second-order valence-electron chi connectivity index (χ2n) is 6.37. The number of benzene rings is 1. The average molecular weight is 287 g/mol. The molecule has 1 aliphatic heterocycles. The molecule has 1 aromatic carbocycles. The van der Waals surface area contributed by atoms with Crippen molar-refractivity contribution in [2.45, 2.75) is 40.0 Å². The number of amides is 2. The maximum absolute atomic E-state index is 12.2. The number of carbonyl (C=O) groups excluding carboxylic acids is 3. The van der Waals surface area contributed by atoms with Crippen molar-refractivity contribution in [2.75, 3.05) is 6.54 Å². The molecular weight excluding hydrogens is 266 g/mol. The highest BCUT2D eigenvalue weighted by Crippen LogP contribution is 2.31. The minimum atomic E-state index is -0.309. The lowest BCUT2D eigenvalue weighted by Gasteiger charge is -2.34. The van der Waals surface area contributed by atoms with Crippen molar-refractivity contribution in [1.29, 1.82) is 0 Å². The van der Waals surface area contributed by atoms with Crippen LogP contribution >= 0.6 is 0 Å². The maximum atomic E-state index is 12.2. The topological polar surface area (TPSA) is 54.5 Å². The quantitative estimate of drug-likeness (QED) is 0.632. The minimum absolute atomic E-state index is 0.154. The smallest absolute Gasteiger partial charge is 0.230 e. The monoisotopic (exact) mass is 287 g/mol. The van der Waals surface area contributed by atoms with Crippen LogP contribution in [0.4, 0.5) is 0 Å². The Bertz CT molecular complexity index is 552. The Labute approximate surface area is 125 Å². The number of hydrogen-bond donors (Lipinski definition) is 0. The van der Waals surface area contributed by atoms with E-state index in [1.54, 1.807) is 12.1 Å². The zero-order chi connectivity index (χ0) is 15.6. The second-order valence-corrected chi connectivity index (χ2v) is 6.37. The highest BCUT2D eigenvalue weighted by Gasteiger charge is 2.38. The highest BCUT2D eigenvalue weighted by atomic mass is 16.2. The van der Waals surface area contributed by atoms with Crippen molar-refractivity contribution >= 4 is 17.6 Å². The number of hydrogen-bond acceptors (Lipinski definition) is 3. The number of piperidine rings is 1.